The summed E-state index contributed by atoms with van der Waals surface area (Å²) in [5, 5.41) is 26.0. The van der Waals surface area contributed by atoms with Crippen LogP contribution in [-0.2, 0) is 6.42 Å². The topological polar surface area (TPSA) is 130 Å². The molecule has 2 aromatic heterocycles. The number of anilines is 2. The first-order valence-corrected chi connectivity index (χ1v) is 8.15. The number of aromatic nitrogens is 2. The summed E-state index contributed by atoms with van der Waals surface area (Å²) in [6, 6.07) is 6.41. The number of fused-ring (bicyclic) bond motifs is 1. The van der Waals surface area contributed by atoms with Crippen LogP contribution >= 0.6 is 0 Å². The molecule has 0 aliphatic carbocycles. The summed E-state index contributed by atoms with van der Waals surface area (Å²) < 4.78 is 0. The third kappa shape index (κ3) is 4.01. The van der Waals surface area contributed by atoms with Crippen LogP contribution in [0.25, 0.3) is 10.9 Å². The highest BCUT2D eigenvalue weighted by Crippen LogP contribution is 2.30. The Balaban J connectivity index is 1.93. The number of aromatic amines is 1. The van der Waals surface area contributed by atoms with Gasteiger partial charge in [-0.3, -0.25) is 20.2 Å². The van der Waals surface area contributed by atoms with Gasteiger partial charge in [-0.15, -0.1) is 0 Å². The molecular weight excluding hydrogens is 352 g/mol. The minimum absolute atomic E-state index is 0.0460. The fourth-order valence-electron chi connectivity index (χ4n) is 2.72. The van der Waals surface area contributed by atoms with Crippen LogP contribution < -0.4 is 5.32 Å². The van der Waals surface area contributed by atoms with Crippen LogP contribution in [0.5, 0.6) is 0 Å². The third-order valence-electron chi connectivity index (χ3n) is 4.12. The van der Waals surface area contributed by atoms with E-state index in [9.17, 15) is 20.2 Å². The van der Waals surface area contributed by atoms with E-state index >= 15 is 0 Å². The molecule has 0 aliphatic rings. The molecule has 10 heteroatoms. The summed E-state index contributed by atoms with van der Waals surface area (Å²) >= 11 is 0. The second-order valence-electron chi connectivity index (χ2n) is 6.33. The van der Waals surface area contributed by atoms with Gasteiger partial charge in [-0.1, -0.05) is 0 Å². The highest BCUT2D eigenvalue weighted by atomic mass is 16.6. The first kappa shape index (κ1) is 18.3. The molecule has 27 heavy (non-hydrogen) atoms. The predicted molar refractivity (Wildman–Crippen MR) is 101 cm³/mol. The lowest BCUT2D eigenvalue weighted by Gasteiger charge is -2.09. The van der Waals surface area contributed by atoms with Crippen molar-refractivity contribution in [3.63, 3.8) is 0 Å². The number of hydrogen-bond acceptors (Lipinski definition) is 7. The molecule has 0 radical (unpaired) electrons. The molecule has 0 saturated carbocycles. The summed E-state index contributed by atoms with van der Waals surface area (Å²) in [4.78, 5) is 29.8. The summed E-state index contributed by atoms with van der Waals surface area (Å²) in [7, 11) is 4.00. The molecule has 1 aromatic carbocycles. The number of nitro groups is 2. The molecule has 0 spiro atoms. The minimum Gasteiger partial charge on any atom is -0.361 e. The molecular formula is C17H18N6O4. The first-order chi connectivity index (χ1) is 12.8. The zero-order valence-corrected chi connectivity index (χ0v) is 14.8. The molecule has 0 saturated heterocycles. The van der Waals surface area contributed by atoms with Crippen LogP contribution in [0.1, 0.15) is 5.56 Å². The van der Waals surface area contributed by atoms with Gasteiger partial charge in [0.2, 0.25) is 5.82 Å². The molecule has 0 fully saturated rings. The van der Waals surface area contributed by atoms with Gasteiger partial charge in [-0.05, 0) is 44.3 Å². The van der Waals surface area contributed by atoms with Gasteiger partial charge in [0.25, 0.3) is 5.69 Å². The number of nitrogens with one attached hydrogen (secondary N) is 2. The van der Waals surface area contributed by atoms with Crippen molar-refractivity contribution in [2.45, 2.75) is 6.42 Å². The van der Waals surface area contributed by atoms with Crippen LogP contribution in [0.15, 0.2) is 36.7 Å². The Labute approximate surface area is 154 Å². The average Bonchev–Trinajstić information content (AvgIpc) is 3.02. The number of nitrogens with zero attached hydrogens (tertiary/aromatic N) is 4. The van der Waals surface area contributed by atoms with Gasteiger partial charge in [-0.25, -0.2) is 4.98 Å². The highest BCUT2D eigenvalue weighted by Gasteiger charge is 2.21. The van der Waals surface area contributed by atoms with E-state index in [2.05, 4.69) is 20.2 Å². The Hall–Kier alpha value is -3.53. The van der Waals surface area contributed by atoms with E-state index in [0.29, 0.717) is 5.69 Å². The standard InChI is InChI=1S/C17H18N6O4/c1-21(2)6-5-11-9-18-15-4-3-12(7-14(11)15)20-17-16(23(26)27)8-13(10-19-17)22(24)25/h3-4,7-10,18H,5-6H2,1-2H3,(H,19,20). The number of hydrogen-bond donors (Lipinski definition) is 2. The number of likely N-dealkylation sites (N-methyl/N-ethyl adjacent to an activating group) is 1. The monoisotopic (exact) mass is 370 g/mol. The maximum atomic E-state index is 11.3. The van der Waals surface area contributed by atoms with Gasteiger partial charge in [0, 0.05) is 29.3 Å². The van der Waals surface area contributed by atoms with Crippen LogP contribution in [0.3, 0.4) is 0 Å². The quantitative estimate of drug-likeness (QED) is 0.482. The van der Waals surface area contributed by atoms with Crippen molar-refractivity contribution in [3.05, 3.63) is 62.5 Å². The molecule has 0 aliphatic heterocycles. The van der Waals surface area contributed by atoms with E-state index in [-0.39, 0.29) is 5.82 Å². The van der Waals surface area contributed by atoms with Gasteiger partial charge < -0.3 is 15.2 Å². The van der Waals surface area contributed by atoms with Crippen molar-refractivity contribution in [3.8, 4) is 0 Å². The van der Waals surface area contributed by atoms with E-state index < -0.39 is 21.2 Å². The summed E-state index contributed by atoms with van der Waals surface area (Å²) in [5.41, 5.74) is 1.82. The second-order valence-corrected chi connectivity index (χ2v) is 6.33. The predicted octanol–water partition coefficient (Wildman–Crippen LogP) is 3.23. The molecule has 0 bridgehead atoms. The van der Waals surface area contributed by atoms with Gasteiger partial charge >= 0.3 is 5.69 Å². The number of H-pyrrole nitrogens is 1. The van der Waals surface area contributed by atoms with Crippen LogP contribution in [-0.4, -0.2) is 45.4 Å². The maximum absolute atomic E-state index is 11.3. The van der Waals surface area contributed by atoms with Crippen molar-refractivity contribution in [2.75, 3.05) is 26.0 Å². The Morgan fingerprint density at radius 2 is 1.96 bits per heavy atom. The number of rotatable bonds is 7. The van der Waals surface area contributed by atoms with Crippen LogP contribution in [0, 0.1) is 20.2 Å². The highest BCUT2D eigenvalue weighted by molar-refractivity contribution is 5.87. The van der Waals surface area contributed by atoms with E-state index in [1.165, 1.54) is 0 Å². The van der Waals surface area contributed by atoms with Crippen LogP contribution in [0.4, 0.5) is 22.9 Å². The Bertz CT molecular complexity index is 1010. The smallest absolute Gasteiger partial charge is 0.318 e. The van der Waals surface area contributed by atoms with E-state index in [1.807, 2.05) is 32.4 Å². The Morgan fingerprint density at radius 1 is 1.19 bits per heavy atom. The number of pyridine rings is 1. The third-order valence-corrected chi connectivity index (χ3v) is 4.12. The Morgan fingerprint density at radius 3 is 2.63 bits per heavy atom. The molecule has 2 heterocycles. The summed E-state index contributed by atoms with van der Waals surface area (Å²) in [5.74, 6) is -0.0460. The molecule has 2 N–H and O–H groups in total. The maximum Gasteiger partial charge on any atom is 0.318 e. The zero-order chi connectivity index (χ0) is 19.6. The molecule has 3 aromatic rings. The van der Waals surface area contributed by atoms with Crippen LogP contribution in [0.2, 0.25) is 0 Å². The van der Waals surface area contributed by atoms with E-state index in [4.69, 9.17) is 0 Å². The lowest BCUT2D eigenvalue weighted by Crippen LogP contribution is -2.14. The van der Waals surface area contributed by atoms with Crippen molar-refractivity contribution < 1.29 is 9.85 Å². The second kappa shape index (κ2) is 7.38. The molecule has 0 unspecified atom stereocenters. The average molecular weight is 370 g/mol. The first-order valence-electron chi connectivity index (χ1n) is 8.15. The Kier molecular flexibility index (Phi) is 4.99. The van der Waals surface area contributed by atoms with Crippen molar-refractivity contribution in [1.82, 2.24) is 14.9 Å². The number of benzene rings is 1. The van der Waals surface area contributed by atoms with Gasteiger partial charge in [0.05, 0.1) is 15.9 Å². The van der Waals surface area contributed by atoms with Crippen molar-refractivity contribution >= 4 is 33.8 Å². The van der Waals surface area contributed by atoms with Gasteiger partial charge in [-0.2, -0.15) is 0 Å². The summed E-state index contributed by atoms with van der Waals surface area (Å²) in [6.45, 7) is 0.889. The van der Waals surface area contributed by atoms with Gasteiger partial charge in [0.1, 0.15) is 6.20 Å². The lowest BCUT2D eigenvalue weighted by atomic mass is 10.1. The minimum atomic E-state index is -0.716. The zero-order valence-electron chi connectivity index (χ0n) is 14.8. The van der Waals surface area contributed by atoms with E-state index in [1.54, 1.807) is 6.07 Å². The largest absolute Gasteiger partial charge is 0.361 e. The molecule has 3 rings (SSSR count). The lowest BCUT2D eigenvalue weighted by molar-refractivity contribution is -0.394. The fraction of sp³-hybridized carbons (Fsp3) is 0.235. The molecule has 0 atom stereocenters. The SMILES string of the molecule is CN(C)CCc1c[nH]c2ccc(Nc3ncc([N+](=O)[O-])cc3[N+](=O)[O-])cc12. The normalized spacial score (nSPS) is 11.1. The summed E-state index contributed by atoms with van der Waals surface area (Å²) in [6.07, 6.45) is 3.80. The van der Waals surface area contributed by atoms with Crippen molar-refractivity contribution in [1.29, 1.82) is 0 Å². The van der Waals surface area contributed by atoms with Crippen molar-refractivity contribution in [2.24, 2.45) is 0 Å². The molecule has 10 nitrogen and oxygen atoms in total. The fourth-order valence-corrected chi connectivity index (χ4v) is 2.72. The molecule has 0 amide bonds. The molecule has 140 valence electrons. The van der Waals surface area contributed by atoms with E-state index in [0.717, 1.165) is 41.7 Å². The van der Waals surface area contributed by atoms with Gasteiger partial charge in [0.15, 0.2) is 0 Å².